The van der Waals surface area contributed by atoms with Gasteiger partial charge in [0, 0.05) is 6.42 Å². The molecule has 1 aliphatic heterocycles. The number of thioether (sulfide) groups is 1. The number of hydrogen-bond acceptors (Lipinski definition) is 6. The van der Waals surface area contributed by atoms with Crippen molar-refractivity contribution in [3.63, 3.8) is 0 Å². The maximum atomic E-state index is 14.1. The molecule has 0 spiro atoms. The van der Waals surface area contributed by atoms with E-state index >= 15 is 0 Å². The average molecular weight is 428 g/mol. The number of amides is 1. The first-order chi connectivity index (χ1) is 14.6. The molecular formula is C21H22FN5O2S. The van der Waals surface area contributed by atoms with Gasteiger partial charge in [-0.05, 0) is 36.8 Å². The highest BCUT2D eigenvalue weighted by Crippen LogP contribution is 2.38. The number of carbonyl (C=O) groups excluding carboxylic acids is 1. The molecule has 2 atom stereocenters. The third-order valence-corrected chi connectivity index (χ3v) is 5.98. The second-order valence-electron chi connectivity index (χ2n) is 6.70. The average Bonchev–Trinajstić information content (AvgIpc) is 3.17. The SMILES string of the molecule is CCOc1ccc([C@@H]2Nn3c(CC)nnc3S[C@H]2C(=O)Nc2ccccc2F)cc1. The van der Waals surface area contributed by atoms with Crippen molar-refractivity contribution in [2.75, 3.05) is 17.3 Å². The zero-order valence-electron chi connectivity index (χ0n) is 16.6. The molecule has 1 aliphatic rings. The van der Waals surface area contributed by atoms with Crippen LogP contribution in [-0.4, -0.2) is 32.6 Å². The number of halogens is 1. The van der Waals surface area contributed by atoms with Crippen molar-refractivity contribution in [1.29, 1.82) is 0 Å². The van der Waals surface area contributed by atoms with E-state index in [2.05, 4.69) is 20.9 Å². The van der Waals surface area contributed by atoms with E-state index in [1.165, 1.54) is 23.9 Å². The van der Waals surface area contributed by atoms with E-state index in [1.54, 1.807) is 12.1 Å². The quantitative estimate of drug-likeness (QED) is 0.623. The maximum absolute atomic E-state index is 14.1. The van der Waals surface area contributed by atoms with Gasteiger partial charge in [0.1, 0.15) is 16.8 Å². The summed E-state index contributed by atoms with van der Waals surface area (Å²) in [7, 11) is 0. The molecule has 0 saturated carbocycles. The Kier molecular flexibility index (Phi) is 5.89. The van der Waals surface area contributed by atoms with E-state index < -0.39 is 11.1 Å². The second-order valence-corrected chi connectivity index (χ2v) is 7.81. The van der Waals surface area contributed by atoms with E-state index in [4.69, 9.17) is 4.74 Å². The zero-order valence-corrected chi connectivity index (χ0v) is 17.4. The van der Waals surface area contributed by atoms with Gasteiger partial charge < -0.3 is 15.5 Å². The number of ether oxygens (including phenoxy) is 1. The number of fused-ring (bicyclic) bond motifs is 1. The molecule has 0 bridgehead atoms. The fourth-order valence-electron chi connectivity index (χ4n) is 3.28. The molecule has 9 heteroatoms. The largest absolute Gasteiger partial charge is 0.494 e. The summed E-state index contributed by atoms with van der Waals surface area (Å²) >= 11 is 1.30. The number of carbonyl (C=O) groups is 1. The van der Waals surface area contributed by atoms with Crippen LogP contribution >= 0.6 is 11.8 Å². The highest BCUT2D eigenvalue weighted by molar-refractivity contribution is 8.00. The summed E-state index contributed by atoms with van der Waals surface area (Å²) in [6.45, 7) is 4.50. The van der Waals surface area contributed by atoms with Crippen LogP contribution in [0.1, 0.15) is 31.3 Å². The fourth-order valence-corrected chi connectivity index (χ4v) is 4.38. The molecule has 1 aromatic heterocycles. The van der Waals surface area contributed by atoms with Crippen molar-refractivity contribution >= 4 is 23.4 Å². The van der Waals surface area contributed by atoms with Crippen molar-refractivity contribution < 1.29 is 13.9 Å². The number of nitrogens with one attached hydrogen (secondary N) is 2. The molecule has 7 nitrogen and oxygen atoms in total. The number of benzene rings is 2. The van der Waals surface area contributed by atoms with Gasteiger partial charge in [-0.15, -0.1) is 10.2 Å². The molecule has 0 unspecified atom stereocenters. The Balaban J connectivity index is 1.66. The van der Waals surface area contributed by atoms with Crippen LogP contribution in [0.3, 0.4) is 0 Å². The van der Waals surface area contributed by atoms with Crippen LogP contribution < -0.4 is 15.5 Å². The van der Waals surface area contributed by atoms with Crippen molar-refractivity contribution in [2.45, 2.75) is 36.7 Å². The number of aromatic nitrogens is 3. The topological polar surface area (TPSA) is 81.1 Å². The summed E-state index contributed by atoms with van der Waals surface area (Å²) in [5.41, 5.74) is 4.42. The molecule has 4 rings (SSSR count). The molecule has 0 aliphatic carbocycles. The van der Waals surface area contributed by atoms with E-state index in [1.807, 2.05) is 42.8 Å². The van der Waals surface area contributed by atoms with Gasteiger partial charge in [0.05, 0.1) is 18.3 Å². The van der Waals surface area contributed by atoms with Crippen molar-refractivity contribution in [3.8, 4) is 5.75 Å². The Hall–Kier alpha value is -3.07. The van der Waals surface area contributed by atoms with Crippen LogP contribution in [0.25, 0.3) is 0 Å². The monoisotopic (exact) mass is 427 g/mol. The summed E-state index contributed by atoms with van der Waals surface area (Å²) in [4.78, 5) is 13.1. The second kappa shape index (κ2) is 8.74. The third-order valence-electron chi connectivity index (χ3n) is 4.76. The lowest BCUT2D eigenvalue weighted by molar-refractivity contribution is -0.116. The van der Waals surface area contributed by atoms with Gasteiger partial charge in [0.15, 0.2) is 5.82 Å². The smallest absolute Gasteiger partial charge is 0.240 e. The number of anilines is 1. The van der Waals surface area contributed by atoms with E-state index in [9.17, 15) is 9.18 Å². The van der Waals surface area contributed by atoms with Crippen LogP contribution in [0.15, 0.2) is 53.7 Å². The summed E-state index contributed by atoms with van der Waals surface area (Å²) in [6.07, 6.45) is 0.697. The predicted molar refractivity (Wildman–Crippen MR) is 114 cm³/mol. The van der Waals surface area contributed by atoms with Gasteiger partial charge in [-0.25, -0.2) is 9.07 Å². The lowest BCUT2D eigenvalue weighted by atomic mass is 10.0. The molecule has 2 N–H and O–H groups in total. The summed E-state index contributed by atoms with van der Waals surface area (Å²) in [5.74, 6) is 0.746. The number of aryl methyl sites for hydroxylation is 1. The molecule has 0 saturated heterocycles. The molecule has 30 heavy (non-hydrogen) atoms. The molecule has 1 amide bonds. The summed E-state index contributed by atoms with van der Waals surface area (Å²) in [6, 6.07) is 13.3. The number of nitrogens with zero attached hydrogens (tertiary/aromatic N) is 3. The Bertz CT molecular complexity index is 1040. The van der Waals surface area contributed by atoms with Gasteiger partial charge >= 0.3 is 0 Å². The normalized spacial score (nSPS) is 17.7. The van der Waals surface area contributed by atoms with Gasteiger partial charge in [-0.1, -0.05) is 43.0 Å². The fraction of sp³-hybridized carbons (Fsp3) is 0.286. The molecule has 2 heterocycles. The lowest BCUT2D eigenvalue weighted by Gasteiger charge is -2.33. The first kappa shape index (κ1) is 20.2. The van der Waals surface area contributed by atoms with Crippen LogP contribution in [0.4, 0.5) is 10.1 Å². The van der Waals surface area contributed by atoms with Crippen molar-refractivity contribution in [2.24, 2.45) is 0 Å². The van der Waals surface area contributed by atoms with E-state index in [0.717, 1.165) is 17.1 Å². The molecule has 3 aromatic rings. The minimum Gasteiger partial charge on any atom is -0.494 e. The van der Waals surface area contributed by atoms with E-state index in [-0.39, 0.29) is 17.6 Å². The Morgan fingerprint density at radius 3 is 2.67 bits per heavy atom. The molecular weight excluding hydrogens is 405 g/mol. The van der Waals surface area contributed by atoms with Gasteiger partial charge in [0.25, 0.3) is 0 Å². The Labute approximate surface area is 178 Å². The van der Waals surface area contributed by atoms with Crippen molar-refractivity contribution in [1.82, 2.24) is 14.9 Å². The highest BCUT2D eigenvalue weighted by atomic mass is 32.2. The maximum Gasteiger partial charge on any atom is 0.240 e. The number of para-hydroxylation sites is 1. The third kappa shape index (κ3) is 3.97. The zero-order chi connectivity index (χ0) is 21.1. The van der Waals surface area contributed by atoms with Gasteiger partial charge in [-0.2, -0.15) is 0 Å². The van der Waals surface area contributed by atoms with Crippen LogP contribution in [0, 0.1) is 5.82 Å². The first-order valence-corrected chi connectivity index (χ1v) is 10.6. The summed E-state index contributed by atoms with van der Waals surface area (Å²) < 4.78 is 21.4. The Morgan fingerprint density at radius 1 is 1.20 bits per heavy atom. The number of hydrogen-bond donors (Lipinski definition) is 2. The predicted octanol–water partition coefficient (Wildman–Crippen LogP) is 3.78. The van der Waals surface area contributed by atoms with Gasteiger partial charge in [0.2, 0.25) is 11.1 Å². The molecule has 2 aromatic carbocycles. The van der Waals surface area contributed by atoms with Crippen LogP contribution in [0.5, 0.6) is 5.75 Å². The molecule has 0 fully saturated rings. The van der Waals surface area contributed by atoms with Crippen LogP contribution in [-0.2, 0) is 11.2 Å². The lowest BCUT2D eigenvalue weighted by Crippen LogP contribution is -2.41. The molecule has 156 valence electrons. The first-order valence-electron chi connectivity index (χ1n) is 9.76. The number of rotatable bonds is 6. The minimum atomic E-state index is -0.580. The van der Waals surface area contributed by atoms with Crippen molar-refractivity contribution in [3.05, 3.63) is 65.7 Å². The molecule has 0 radical (unpaired) electrons. The van der Waals surface area contributed by atoms with Crippen LogP contribution in [0.2, 0.25) is 0 Å². The standard InChI is InChI=1S/C21H22FN5O2S/c1-3-17-24-25-21-27(17)26-18(13-9-11-14(12-10-13)29-4-2)19(30-21)20(28)23-16-8-6-5-7-15(16)22/h5-12,18-19,26H,3-4H2,1-2H3,(H,23,28)/t18-,19+/m0/s1. The minimum absolute atomic E-state index is 0.148. The highest BCUT2D eigenvalue weighted by Gasteiger charge is 2.37. The van der Waals surface area contributed by atoms with Gasteiger partial charge in [-0.3, -0.25) is 4.79 Å². The summed E-state index contributed by atoms with van der Waals surface area (Å²) in [5, 5.41) is 11.1. The Morgan fingerprint density at radius 2 is 1.97 bits per heavy atom. The van der Waals surface area contributed by atoms with E-state index in [0.29, 0.717) is 18.2 Å².